The summed E-state index contributed by atoms with van der Waals surface area (Å²) in [5.41, 5.74) is 0.897. The number of Topliss-reactive ketones (excluding diaryl/α,β-unsaturated/α-hetero) is 1. The van der Waals surface area contributed by atoms with Crippen LogP contribution in [0.1, 0.15) is 27.2 Å². The molecule has 0 aromatic rings. The second-order valence-electron chi connectivity index (χ2n) is 4.33. The molecule has 0 aromatic heterocycles. The molecular weight excluding hydrogens is 212 g/mol. The van der Waals surface area contributed by atoms with Crippen molar-refractivity contribution < 1.29 is 4.79 Å². The van der Waals surface area contributed by atoms with Crippen molar-refractivity contribution in [3.63, 3.8) is 0 Å². The lowest BCUT2D eigenvalue weighted by Gasteiger charge is -2.20. The van der Waals surface area contributed by atoms with E-state index in [0.717, 1.165) is 12.0 Å². The van der Waals surface area contributed by atoms with Crippen molar-refractivity contribution in [2.45, 2.75) is 27.2 Å². The quantitative estimate of drug-likeness (QED) is 0.675. The zero-order valence-corrected chi connectivity index (χ0v) is 11.1. The van der Waals surface area contributed by atoms with Crippen LogP contribution in [0.25, 0.3) is 0 Å². The number of ketones is 1. The first-order valence-corrected chi connectivity index (χ1v) is 7.26. The van der Waals surface area contributed by atoms with E-state index in [2.05, 4.69) is 20.8 Å². The number of hydrogen-bond acceptors (Lipinski definition) is 3. The summed E-state index contributed by atoms with van der Waals surface area (Å²) in [4.78, 5) is 12.1. The molecule has 1 nitrogen and oxygen atoms in total. The second-order valence-corrected chi connectivity index (χ2v) is 6.22. The lowest BCUT2D eigenvalue weighted by atomic mass is 9.82. The zero-order valence-electron chi connectivity index (χ0n) is 9.51. The van der Waals surface area contributed by atoms with Gasteiger partial charge in [-0.05, 0) is 24.9 Å². The Bertz CT molecular complexity index is 273. The second kappa shape index (κ2) is 4.31. The van der Waals surface area contributed by atoms with Gasteiger partial charge in [0.05, 0.1) is 0 Å². The number of rotatable bonds is 2. The molecular formula is C11H18OS2. The number of carbonyl (C=O) groups is 1. The van der Waals surface area contributed by atoms with Crippen LogP contribution in [0.3, 0.4) is 0 Å². The highest BCUT2D eigenvalue weighted by Crippen LogP contribution is 2.46. The molecule has 0 aromatic carbocycles. The van der Waals surface area contributed by atoms with Crippen LogP contribution in [0.15, 0.2) is 9.81 Å². The van der Waals surface area contributed by atoms with E-state index in [4.69, 9.17) is 0 Å². The van der Waals surface area contributed by atoms with E-state index < -0.39 is 0 Å². The highest BCUT2D eigenvalue weighted by Gasteiger charge is 2.43. The fourth-order valence-corrected chi connectivity index (χ4v) is 3.28. The number of allylic oxidation sites excluding steroid dienone is 1. The third-order valence-electron chi connectivity index (χ3n) is 3.22. The molecule has 0 unspecified atom stereocenters. The van der Waals surface area contributed by atoms with Crippen molar-refractivity contribution in [3.8, 4) is 0 Å². The predicted octanol–water partition coefficient (Wildman–Crippen LogP) is 3.56. The van der Waals surface area contributed by atoms with Crippen molar-refractivity contribution in [1.29, 1.82) is 0 Å². The first-order valence-electron chi connectivity index (χ1n) is 4.81. The summed E-state index contributed by atoms with van der Waals surface area (Å²) in [7, 11) is 0. The van der Waals surface area contributed by atoms with Gasteiger partial charge in [-0.15, -0.1) is 23.5 Å². The SMILES string of the molecule is CSC(SC)=C1C[C@@H](C)C(C)(C)C1=O. The summed E-state index contributed by atoms with van der Waals surface area (Å²) in [6.45, 7) is 6.29. The summed E-state index contributed by atoms with van der Waals surface area (Å²) < 4.78 is 1.20. The number of thioether (sulfide) groups is 2. The maximum absolute atomic E-state index is 12.1. The molecule has 1 aliphatic carbocycles. The van der Waals surface area contributed by atoms with Gasteiger partial charge in [-0.25, -0.2) is 0 Å². The van der Waals surface area contributed by atoms with E-state index in [0.29, 0.717) is 11.7 Å². The predicted molar refractivity (Wildman–Crippen MR) is 66.6 cm³/mol. The van der Waals surface area contributed by atoms with Crippen molar-refractivity contribution in [3.05, 3.63) is 9.81 Å². The lowest BCUT2D eigenvalue weighted by Crippen LogP contribution is -2.23. The van der Waals surface area contributed by atoms with Crippen LogP contribution < -0.4 is 0 Å². The van der Waals surface area contributed by atoms with E-state index >= 15 is 0 Å². The zero-order chi connectivity index (χ0) is 10.9. The van der Waals surface area contributed by atoms with Gasteiger partial charge in [0.1, 0.15) is 0 Å². The average Bonchev–Trinajstić information content (AvgIpc) is 2.33. The molecule has 0 N–H and O–H groups in total. The topological polar surface area (TPSA) is 17.1 Å². The molecule has 0 saturated heterocycles. The van der Waals surface area contributed by atoms with Crippen molar-refractivity contribution in [1.82, 2.24) is 0 Å². The minimum atomic E-state index is -0.161. The van der Waals surface area contributed by atoms with Crippen molar-refractivity contribution in [2.75, 3.05) is 12.5 Å². The van der Waals surface area contributed by atoms with Crippen LogP contribution in [0.2, 0.25) is 0 Å². The molecule has 0 bridgehead atoms. The smallest absolute Gasteiger partial charge is 0.166 e. The summed E-state index contributed by atoms with van der Waals surface area (Å²) in [5, 5.41) is 0. The van der Waals surface area contributed by atoms with Gasteiger partial charge in [0.25, 0.3) is 0 Å². The van der Waals surface area contributed by atoms with Gasteiger partial charge in [0.15, 0.2) is 5.78 Å². The van der Waals surface area contributed by atoms with Crippen LogP contribution in [0.5, 0.6) is 0 Å². The van der Waals surface area contributed by atoms with Gasteiger partial charge in [-0.3, -0.25) is 4.79 Å². The highest BCUT2D eigenvalue weighted by atomic mass is 32.2. The monoisotopic (exact) mass is 230 g/mol. The molecule has 0 aliphatic heterocycles. The minimum Gasteiger partial charge on any atom is -0.294 e. The Morgan fingerprint density at radius 2 is 1.86 bits per heavy atom. The molecule has 0 radical (unpaired) electrons. The molecule has 1 fully saturated rings. The molecule has 14 heavy (non-hydrogen) atoms. The molecule has 1 atom stereocenters. The Morgan fingerprint density at radius 3 is 2.14 bits per heavy atom. The maximum Gasteiger partial charge on any atom is 0.166 e. The first kappa shape index (κ1) is 12.2. The molecule has 80 valence electrons. The largest absolute Gasteiger partial charge is 0.294 e. The first-order chi connectivity index (χ1) is 6.45. The van der Waals surface area contributed by atoms with Crippen LogP contribution in [0.4, 0.5) is 0 Å². The minimum absolute atomic E-state index is 0.161. The third kappa shape index (κ3) is 1.89. The van der Waals surface area contributed by atoms with Crippen molar-refractivity contribution >= 4 is 29.3 Å². The summed E-state index contributed by atoms with van der Waals surface area (Å²) in [5.74, 6) is 0.822. The number of carbonyl (C=O) groups excluding carboxylic acids is 1. The third-order valence-corrected chi connectivity index (χ3v) is 5.45. The molecule has 1 saturated carbocycles. The van der Waals surface area contributed by atoms with Gasteiger partial charge >= 0.3 is 0 Å². The van der Waals surface area contributed by atoms with E-state index in [1.165, 1.54) is 4.24 Å². The van der Waals surface area contributed by atoms with Gasteiger partial charge in [0.2, 0.25) is 0 Å². The lowest BCUT2D eigenvalue weighted by molar-refractivity contribution is -0.122. The van der Waals surface area contributed by atoms with E-state index in [-0.39, 0.29) is 5.41 Å². The Hall–Kier alpha value is 0.110. The summed E-state index contributed by atoms with van der Waals surface area (Å²) in [6, 6.07) is 0. The van der Waals surface area contributed by atoms with Crippen LogP contribution >= 0.6 is 23.5 Å². The molecule has 1 rings (SSSR count). The van der Waals surface area contributed by atoms with Gasteiger partial charge in [0, 0.05) is 15.2 Å². The van der Waals surface area contributed by atoms with E-state index in [1.54, 1.807) is 23.5 Å². The number of hydrogen-bond donors (Lipinski definition) is 0. The molecule has 0 heterocycles. The fraction of sp³-hybridized carbons (Fsp3) is 0.727. The molecule has 0 spiro atoms. The average molecular weight is 230 g/mol. The maximum atomic E-state index is 12.1. The fourth-order valence-electron chi connectivity index (χ4n) is 1.77. The van der Waals surface area contributed by atoms with E-state index in [1.807, 2.05) is 12.5 Å². The summed E-state index contributed by atoms with van der Waals surface area (Å²) in [6.07, 6.45) is 5.03. The Balaban J connectivity index is 3.08. The Labute approximate surface area is 95.1 Å². The molecule has 0 amide bonds. The van der Waals surface area contributed by atoms with Gasteiger partial charge in [-0.1, -0.05) is 20.8 Å². The van der Waals surface area contributed by atoms with Crippen LogP contribution in [0, 0.1) is 11.3 Å². The van der Waals surface area contributed by atoms with Crippen LogP contribution in [-0.2, 0) is 4.79 Å². The van der Waals surface area contributed by atoms with Crippen LogP contribution in [-0.4, -0.2) is 18.3 Å². The Kier molecular flexibility index (Phi) is 3.75. The standard InChI is InChI=1S/C11H18OS2/c1-7-6-8(10(13-4)14-5)9(12)11(7,2)3/h7H,6H2,1-5H3/t7-/m1/s1. The van der Waals surface area contributed by atoms with Gasteiger partial charge < -0.3 is 0 Å². The highest BCUT2D eigenvalue weighted by molar-refractivity contribution is 8.21. The van der Waals surface area contributed by atoms with Crippen molar-refractivity contribution in [2.24, 2.45) is 11.3 Å². The molecule has 1 aliphatic rings. The Morgan fingerprint density at radius 1 is 1.36 bits per heavy atom. The van der Waals surface area contributed by atoms with Gasteiger partial charge in [-0.2, -0.15) is 0 Å². The molecule has 3 heteroatoms. The van der Waals surface area contributed by atoms with E-state index in [9.17, 15) is 4.79 Å². The summed E-state index contributed by atoms with van der Waals surface area (Å²) >= 11 is 3.39. The normalized spacial score (nSPS) is 25.6.